The van der Waals surface area contributed by atoms with Gasteiger partial charge in [-0.15, -0.1) is 0 Å². The van der Waals surface area contributed by atoms with Crippen LogP contribution in [0.5, 0.6) is 17.8 Å². The number of carboxylic acid groups (broad SMARTS) is 1. The first-order chi connectivity index (χ1) is 10.1. The Morgan fingerprint density at radius 3 is 2.29 bits per heavy atom. The molecule has 2 rings (SSSR count). The molecule has 0 saturated heterocycles. The van der Waals surface area contributed by atoms with Gasteiger partial charge in [-0.3, -0.25) is 0 Å². The van der Waals surface area contributed by atoms with E-state index >= 15 is 0 Å². The summed E-state index contributed by atoms with van der Waals surface area (Å²) in [6.45, 7) is 0. The van der Waals surface area contributed by atoms with Gasteiger partial charge in [0.2, 0.25) is 17.5 Å². The van der Waals surface area contributed by atoms with Crippen LogP contribution < -0.4 is 14.2 Å². The molecule has 0 bridgehead atoms. The maximum absolute atomic E-state index is 11.3. The molecule has 0 aromatic carbocycles. The van der Waals surface area contributed by atoms with Gasteiger partial charge in [0.15, 0.2) is 0 Å². The van der Waals surface area contributed by atoms with Crippen LogP contribution in [0.4, 0.5) is 0 Å². The summed E-state index contributed by atoms with van der Waals surface area (Å²) in [5.41, 5.74) is 0. The fourth-order valence-corrected chi connectivity index (χ4v) is 2.22. The Balaban J connectivity index is 2.21. The molecule has 0 aliphatic heterocycles. The van der Waals surface area contributed by atoms with E-state index in [0.29, 0.717) is 0 Å². The Morgan fingerprint density at radius 2 is 1.81 bits per heavy atom. The van der Waals surface area contributed by atoms with Crippen molar-refractivity contribution in [2.75, 3.05) is 14.2 Å². The smallest absolute Gasteiger partial charge is 0.371 e. The number of rotatable bonds is 6. The normalized spacial score (nSPS) is 15.8. The van der Waals surface area contributed by atoms with Gasteiger partial charge in [0.1, 0.15) is 0 Å². The molecule has 114 valence electrons. The van der Waals surface area contributed by atoms with Crippen molar-refractivity contribution in [3.8, 4) is 17.8 Å². The fraction of sp³-hybridized carbons (Fsp3) is 0.500. The van der Waals surface area contributed by atoms with Crippen molar-refractivity contribution in [2.24, 2.45) is 5.92 Å². The van der Waals surface area contributed by atoms with E-state index in [1.165, 1.54) is 20.3 Å². The SMILES string of the molecule is COc1cc(OC)nc(O/C(=C/C2CCCC2)C(=O)O)n1. The molecule has 1 heterocycles. The molecule has 0 unspecified atom stereocenters. The minimum absolute atomic E-state index is 0.113. The quantitative estimate of drug-likeness (QED) is 0.634. The zero-order chi connectivity index (χ0) is 15.2. The monoisotopic (exact) mass is 294 g/mol. The van der Waals surface area contributed by atoms with Gasteiger partial charge in [-0.2, -0.15) is 9.97 Å². The number of aromatic nitrogens is 2. The van der Waals surface area contributed by atoms with E-state index in [-0.39, 0.29) is 29.4 Å². The molecule has 0 radical (unpaired) electrons. The van der Waals surface area contributed by atoms with Gasteiger partial charge in [0.25, 0.3) is 0 Å². The Kier molecular flexibility index (Phi) is 4.97. The second-order valence-corrected chi connectivity index (χ2v) is 4.72. The highest BCUT2D eigenvalue weighted by Gasteiger charge is 2.19. The number of allylic oxidation sites excluding steroid dienone is 1. The molecule has 1 N–H and O–H groups in total. The number of carboxylic acids is 1. The molecule has 1 aromatic heterocycles. The number of hydrogen-bond acceptors (Lipinski definition) is 6. The summed E-state index contributed by atoms with van der Waals surface area (Å²) in [5.74, 6) is -0.613. The molecule has 7 heteroatoms. The standard InChI is InChI=1S/C14H18N2O5/c1-19-11-8-12(20-2)16-14(15-11)21-10(13(17)18)7-9-5-3-4-6-9/h7-9H,3-6H2,1-2H3,(H,17,18)/b10-7+. The predicted octanol–water partition coefficient (Wildman–Crippen LogP) is 2.03. The number of carbonyl (C=O) groups is 1. The molecule has 0 amide bonds. The topological polar surface area (TPSA) is 90.8 Å². The lowest BCUT2D eigenvalue weighted by Crippen LogP contribution is -2.11. The van der Waals surface area contributed by atoms with E-state index in [1.54, 1.807) is 6.08 Å². The van der Waals surface area contributed by atoms with Crippen LogP contribution >= 0.6 is 0 Å². The lowest BCUT2D eigenvalue weighted by Gasteiger charge is -2.09. The van der Waals surface area contributed by atoms with Crippen molar-refractivity contribution in [1.82, 2.24) is 9.97 Å². The molecule has 1 aliphatic rings. The van der Waals surface area contributed by atoms with E-state index < -0.39 is 5.97 Å². The lowest BCUT2D eigenvalue weighted by atomic mass is 10.1. The van der Waals surface area contributed by atoms with Crippen molar-refractivity contribution < 1.29 is 24.1 Å². The largest absolute Gasteiger partial charge is 0.481 e. The van der Waals surface area contributed by atoms with Gasteiger partial charge in [-0.25, -0.2) is 4.79 Å². The van der Waals surface area contributed by atoms with Crippen molar-refractivity contribution >= 4 is 5.97 Å². The number of methoxy groups -OCH3 is 2. The third kappa shape index (κ3) is 4.08. The van der Waals surface area contributed by atoms with Crippen LogP contribution in [0.2, 0.25) is 0 Å². The van der Waals surface area contributed by atoms with Gasteiger partial charge in [0.05, 0.1) is 20.3 Å². The molecule has 0 atom stereocenters. The van der Waals surface area contributed by atoms with Crippen LogP contribution in [0, 0.1) is 5.92 Å². The van der Waals surface area contributed by atoms with Crippen LogP contribution in [0.15, 0.2) is 17.9 Å². The van der Waals surface area contributed by atoms with E-state index in [2.05, 4.69) is 9.97 Å². The summed E-state index contributed by atoms with van der Waals surface area (Å²) >= 11 is 0. The minimum Gasteiger partial charge on any atom is -0.481 e. The Hall–Kier alpha value is -2.31. The molecular weight excluding hydrogens is 276 g/mol. The van der Waals surface area contributed by atoms with Crippen molar-refractivity contribution in [3.05, 3.63) is 17.9 Å². The summed E-state index contributed by atoms with van der Waals surface area (Å²) in [5, 5.41) is 9.24. The maximum atomic E-state index is 11.3. The van der Waals surface area contributed by atoms with Crippen LogP contribution in [0.1, 0.15) is 25.7 Å². The average Bonchev–Trinajstić information content (AvgIpc) is 2.99. The highest BCUT2D eigenvalue weighted by atomic mass is 16.5. The third-order valence-corrected chi connectivity index (χ3v) is 3.28. The maximum Gasteiger partial charge on any atom is 0.371 e. The predicted molar refractivity (Wildman–Crippen MR) is 73.4 cm³/mol. The van der Waals surface area contributed by atoms with E-state index in [1.807, 2.05) is 0 Å². The number of ether oxygens (including phenoxy) is 3. The zero-order valence-electron chi connectivity index (χ0n) is 12.0. The van der Waals surface area contributed by atoms with Crippen LogP contribution in [0.25, 0.3) is 0 Å². The molecule has 1 saturated carbocycles. The van der Waals surface area contributed by atoms with E-state index in [4.69, 9.17) is 14.2 Å². The van der Waals surface area contributed by atoms with Crippen molar-refractivity contribution in [1.29, 1.82) is 0 Å². The van der Waals surface area contributed by atoms with E-state index in [0.717, 1.165) is 25.7 Å². The minimum atomic E-state index is -1.15. The molecule has 7 nitrogen and oxygen atoms in total. The fourth-order valence-electron chi connectivity index (χ4n) is 2.22. The second kappa shape index (κ2) is 6.92. The Labute approximate surface area is 122 Å². The second-order valence-electron chi connectivity index (χ2n) is 4.72. The molecule has 1 aromatic rings. The number of nitrogens with zero attached hydrogens (tertiary/aromatic N) is 2. The number of aliphatic carboxylic acids is 1. The highest BCUT2D eigenvalue weighted by molar-refractivity contribution is 5.84. The van der Waals surface area contributed by atoms with Gasteiger partial charge in [-0.1, -0.05) is 12.8 Å². The van der Waals surface area contributed by atoms with Crippen LogP contribution in [-0.2, 0) is 4.79 Å². The third-order valence-electron chi connectivity index (χ3n) is 3.28. The Morgan fingerprint density at radius 1 is 1.24 bits per heavy atom. The highest BCUT2D eigenvalue weighted by Crippen LogP contribution is 2.27. The first-order valence-corrected chi connectivity index (χ1v) is 6.72. The van der Waals surface area contributed by atoms with Gasteiger partial charge < -0.3 is 19.3 Å². The van der Waals surface area contributed by atoms with Gasteiger partial charge in [0, 0.05) is 0 Å². The van der Waals surface area contributed by atoms with Gasteiger partial charge in [-0.05, 0) is 24.8 Å². The molecular formula is C14H18N2O5. The first-order valence-electron chi connectivity index (χ1n) is 6.72. The molecule has 21 heavy (non-hydrogen) atoms. The summed E-state index contributed by atoms with van der Waals surface area (Å²) < 4.78 is 15.3. The molecule has 0 spiro atoms. The van der Waals surface area contributed by atoms with Crippen molar-refractivity contribution in [3.63, 3.8) is 0 Å². The lowest BCUT2D eigenvalue weighted by molar-refractivity contribution is -0.135. The average molecular weight is 294 g/mol. The Bertz CT molecular complexity index is 516. The first kappa shape index (κ1) is 15.1. The summed E-state index contributed by atoms with van der Waals surface area (Å²) in [4.78, 5) is 19.2. The van der Waals surface area contributed by atoms with Crippen molar-refractivity contribution in [2.45, 2.75) is 25.7 Å². The summed E-state index contributed by atoms with van der Waals surface area (Å²) in [6, 6.07) is 1.37. The molecule has 1 aliphatic carbocycles. The number of hydrogen-bond donors (Lipinski definition) is 1. The van der Waals surface area contributed by atoms with E-state index in [9.17, 15) is 9.90 Å². The van der Waals surface area contributed by atoms with Crippen LogP contribution in [-0.4, -0.2) is 35.3 Å². The molecule has 1 fully saturated rings. The summed E-state index contributed by atoms with van der Waals surface area (Å²) in [7, 11) is 2.88. The summed E-state index contributed by atoms with van der Waals surface area (Å²) in [6.07, 6.45) is 5.80. The van der Waals surface area contributed by atoms with Crippen LogP contribution in [0.3, 0.4) is 0 Å². The zero-order valence-corrected chi connectivity index (χ0v) is 12.0. The van der Waals surface area contributed by atoms with Gasteiger partial charge >= 0.3 is 12.0 Å².